The van der Waals surface area contributed by atoms with Gasteiger partial charge in [-0.2, -0.15) is 13.2 Å². The summed E-state index contributed by atoms with van der Waals surface area (Å²) in [5.74, 6) is -3.11. The number of anilines is 1. The summed E-state index contributed by atoms with van der Waals surface area (Å²) in [7, 11) is 0. The molecule has 1 aliphatic rings. The lowest BCUT2D eigenvalue weighted by molar-refractivity contribution is -0.124. The van der Waals surface area contributed by atoms with E-state index < -0.39 is 60.2 Å². The summed E-state index contributed by atoms with van der Waals surface area (Å²) in [5, 5.41) is 7.37. The Morgan fingerprint density at radius 1 is 1.00 bits per heavy atom. The standard InChI is InChI=1S/C31H32F6N4O4/c32-20-9-7-18(8-10-20)27(19-3-1-4-21(33)13-19)28(38)29(42)41-26-6-2-5-25(34)24(26)12-11-23-14-39-22(15-44-23)16-45-30(43)40-17-31(35,36)37/h1-10,13,22-23,27-28,39H,11-12,14-17,38H2,(H,40,43)(H,41,42)/t22-,23+,27?,28-/m0/s1. The first-order valence-corrected chi connectivity index (χ1v) is 14.1. The molecule has 1 unspecified atom stereocenters. The number of amides is 2. The molecule has 4 rings (SSSR count). The van der Waals surface area contributed by atoms with Crippen LogP contribution in [0, 0.1) is 17.5 Å². The minimum Gasteiger partial charge on any atom is -0.448 e. The van der Waals surface area contributed by atoms with E-state index in [1.165, 1.54) is 60.7 Å². The van der Waals surface area contributed by atoms with Crippen LogP contribution in [0.5, 0.6) is 0 Å². The van der Waals surface area contributed by atoms with Crippen LogP contribution in [0.3, 0.4) is 0 Å². The van der Waals surface area contributed by atoms with Gasteiger partial charge in [0, 0.05) is 23.7 Å². The quantitative estimate of drug-likeness (QED) is 0.225. The highest BCUT2D eigenvalue weighted by molar-refractivity contribution is 5.96. The molecular formula is C31H32F6N4O4. The number of rotatable bonds is 11. The summed E-state index contributed by atoms with van der Waals surface area (Å²) >= 11 is 0. The highest BCUT2D eigenvalue weighted by atomic mass is 19.4. The van der Waals surface area contributed by atoms with Gasteiger partial charge in [0.1, 0.15) is 30.6 Å². The molecule has 2 amide bonds. The summed E-state index contributed by atoms with van der Waals surface area (Å²) in [6.07, 6.45) is -5.63. The topological polar surface area (TPSA) is 115 Å². The number of nitrogens with two attached hydrogens (primary N) is 1. The lowest BCUT2D eigenvalue weighted by atomic mass is 9.85. The third-order valence-corrected chi connectivity index (χ3v) is 7.21. The fourth-order valence-electron chi connectivity index (χ4n) is 4.94. The van der Waals surface area contributed by atoms with Crippen LogP contribution < -0.4 is 21.7 Å². The smallest absolute Gasteiger partial charge is 0.407 e. The largest absolute Gasteiger partial charge is 0.448 e. The SMILES string of the molecule is N[C@H](C(=O)Nc1cccc(F)c1CC[C@@H]1CN[C@H](COC(=O)NCC(F)(F)F)CO1)C(c1ccc(F)cc1)c1cccc(F)c1. The highest BCUT2D eigenvalue weighted by Gasteiger charge is 2.30. The third-order valence-electron chi connectivity index (χ3n) is 7.21. The lowest BCUT2D eigenvalue weighted by Crippen LogP contribution is -2.49. The van der Waals surface area contributed by atoms with E-state index in [1.54, 1.807) is 11.4 Å². The molecule has 242 valence electrons. The van der Waals surface area contributed by atoms with Crippen LogP contribution in [-0.2, 0) is 20.7 Å². The van der Waals surface area contributed by atoms with Gasteiger partial charge in [0.15, 0.2) is 0 Å². The molecule has 0 aliphatic carbocycles. The Kier molecular flexibility index (Phi) is 11.4. The Labute approximate surface area is 255 Å². The van der Waals surface area contributed by atoms with Crippen molar-refractivity contribution in [2.45, 2.75) is 43.1 Å². The van der Waals surface area contributed by atoms with Crippen molar-refractivity contribution in [3.63, 3.8) is 0 Å². The van der Waals surface area contributed by atoms with Crippen molar-refractivity contribution < 1.29 is 45.4 Å². The molecule has 1 aliphatic heterocycles. The number of carbonyl (C=O) groups excluding carboxylic acids is 2. The van der Waals surface area contributed by atoms with Crippen LogP contribution >= 0.6 is 0 Å². The first-order chi connectivity index (χ1) is 21.4. The normalized spacial score (nSPS) is 18.1. The number of morpholine rings is 1. The molecule has 1 heterocycles. The van der Waals surface area contributed by atoms with E-state index in [9.17, 15) is 35.9 Å². The molecule has 0 radical (unpaired) electrons. The van der Waals surface area contributed by atoms with Crippen LogP contribution in [0.4, 0.5) is 36.8 Å². The number of alkyl carbamates (subject to hydrolysis) is 1. The molecule has 0 saturated carbocycles. The molecule has 45 heavy (non-hydrogen) atoms. The molecule has 1 saturated heterocycles. The fourth-order valence-corrected chi connectivity index (χ4v) is 4.94. The predicted octanol–water partition coefficient (Wildman–Crippen LogP) is 4.78. The van der Waals surface area contributed by atoms with Gasteiger partial charge in [0.05, 0.1) is 24.8 Å². The van der Waals surface area contributed by atoms with Crippen molar-refractivity contribution >= 4 is 17.7 Å². The number of benzene rings is 3. The van der Waals surface area contributed by atoms with Gasteiger partial charge in [-0.3, -0.25) is 4.79 Å². The second-order valence-electron chi connectivity index (χ2n) is 10.5. The molecule has 5 N–H and O–H groups in total. The van der Waals surface area contributed by atoms with Gasteiger partial charge in [-0.05, 0) is 60.4 Å². The van der Waals surface area contributed by atoms with Crippen molar-refractivity contribution in [3.8, 4) is 0 Å². The molecule has 4 atom stereocenters. The number of ether oxygens (including phenoxy) is 2. The minimum absolute atomic E-state index is 0.0950. The monoisotopic (exact) mass is 638 g/mol. The van der Waals surface area contributed by atoms with Crippen LogP contribution in [0.2, 0.25) is 0 Å². The molecule has 0 bridgehead atoms. The van der Waals surface area contributed by atoms with Gasteiger partial charge >= 0.3 is 12.3 Å². The van der Waals surface area contributed by atoms with E-state index in [0.717, 1.165) is 0 Å². The zero-order chi connectivity index (χ0) is 32.6. The van der Waals surface area contributed by atoms with Crippen LogP contribution in [0.1, 0.15) is 29.0 Å². The Hall–Kier alpha value is -4.14. The Morgan fingerprint density at radius 2 is 1.73 bits per heavy atom. The van der Waals surface area contributed by atoms with Crippen LogP contribution in [0.15, 0.2) is 66.7 Å². The van der Waals surface area contributed by atoms with Crippen LogP contribution in [0.25, 0.3) is 0 Å². The minimum atomic E-state index is -4.55. The average Bonchev–Trinajstić information content (AvgIpc) is 3.00. The molecule has 0 spiro atoms. The van der Waals surface area contributed by atoms with Gasteiger partial charge in [-0.25, -0.2) is 18.0 Å². The predicted molar refractivity (Wildman–Crippen MR) is 153 cm³/mol. The summed E-state index contributed by atoms with van der Waals surface area (Å²) in [6, 6.07) is 13.4. The number of halogens is 6. The van der Waals surface area contributed by atoms with Gasteiger partial charge in [-0.15, -0.1) is 0 Å². The van der Waals surface area contributed by atoms with Crippen molar-refractivity contribution in [2.75, 3.05) is 31.6 Å². The van der Waals surface area contributed by atoms with Crippen molar-refractivity contribution in [1.82, 2.24) is 10.6 Å². The second kappa shape index (κ2) is 15.2. The van der Waals surface area contributed by atoms with Crippen molar-refractivity contribution in [2.24, 2.45) is 5.73 Å². The molecule has 3 aromatic rings. The van der Waals surface area contributed by atoms with Gasteiger partial charge < -0.3 is 31.2 Å². The Morgan fingerprint density at radius 3 is 2.40 bits per heavy atom. The number of hydrogen-bond acceptors (Lipinski definition) is 6. The average molecular weight is 639 g/mol. The van der Waals surface area contributed by atoms with Gasteiger partial charge in [0.25, 0.3) is 0 Å². The molecule has 3 aromatic carbocycles. The second-order valence-corrected chi connectivity index (χ2v) is 10.5. The van der Waals surface area contributed by atoms with E-state index >= 15 is 0 Å². The van der Waals surface area contributed by atoms with E-state index in [1.807, 2.05) is 0 Å². The Bertz CT molecular complexity index is 1450. The zero-order valence-corrected chi connectivity index (χ0v) is 23.9. The third kappa shape index (κ3) is 9.93. The van der Waals surface area contributed by atoms with E-state index in [0.29, 0.717) is 24.1 Å². The molecule has 14 heteroatoms. The molecule has 0 aromatic heterocycles. The van der Waals surface area contributed by atoms with E-state index in [4.69, 9.17) is 15.2 Å². The van der Waals surface area contributed by atoms with Crippen molar-refractivity contribution in [1.29, 1.82) is 0 Å². The number of carbonyl (C=O) groups is 2. The number of hydrogen-bond donors (Lipinski definition) is 4. The van der Waals surface area contributed by atoms with E-state index in [-0.39, 0.29) is 37.0 Å². The maximum Gasteiger partial charge on any atom is 0.407 e. The number of alkyl halides is 3. The summed E-state index contributed by atoms with van der Waals surface area (Å²) in [4.78, 5) is 24.8. The Balaban J connectivity index is 1.36. The maximum atomic E-state index is 15.0. The molecule has 8 nitrogen and oxygen atoms in total. The van der Waals surface area contributed by atoms with Crippen molar-refractivity contribution in [3.05, 3.63) is 101 Å². The number of nitrogens with one attached hydrogen (secondary N) is 3. The fraction of sp³-hybridized carbons (Fsp3) is 0.355. The molecule has 1 fully saturated rings. The first kappa shape index (κ1) is 33.7. The van der Waals surface area contributed by atoms with Gasteiger partial charge in [0.2, 0.25) is 5.91 Å². The highest BCUT2D eigenvalue weighted by Crippen LogP contribution is 2.30. The molecular weight excluding hydrogens is 606 g/mol. The zero-order valence-electron chi connectivity index (χ0n) is 23.9. The summed E-state index contributed by atoms with van der Waals surface area (Å²) < 4.78 is 89.8. The summed E-state index contributed by atoms with van der Waals surface area (Å²) in [5.41, 5.74) is 7.67. The van der Waals surface area contributed by atoms with E-state index in [2.05, 4.69) is 10.6 Å². The maximum absolute atomic E-state index is 15.0. The van der Waals surface area contributed by atoms with Crippen LogP contribution in [-0.4, -0.2) is 62.7 Å². The lowest BCUT2D eigenvalue weighted by Gasteiger charge is -2.30. The summed E-state index contributed by atoms with van der Waals surface area (Å²) in [6.45, 7) is -1.33. The first-order valence-electron chi connectivity index (χ1n) is 14.1. The van der Waals surface area contributed by atoms with Gasteiger partial charge in [-0.1, -0.05) is 30.3 Å².